The van der Waals surface area contributed by atoms with Gasteiger partial charge in [0.05, 0.1) is 12.3 Å². The molecule has 20 heavy (non-hydrogen) atoms. The van der Waals surface area contributed by atoms with E-state index in [2.05, 4.69) is 0 Å². The molecule has 1 unspecified atom stereocenters. The highest BCUT2D eigenvalue weighted by atomic mass is 19.3. The van der Waals surface area contributed by atoms with Crippen molar-refractivity contribution in [2.75, 3.05) is 13.1 Å². The molecule has 1 amide bonds. The van der Waals surface area contributed by atoms with Crippen molar-refractivity contribution in [1.82, 2.24) is 4.90 Å². The van der Waals surface area contributed by atoms with Crippen LogP contribution in [0.3, 0.4) is 0 Å². The Kier molecular flexibility index (Phi) is 3.21. The van der Waals surface area contributed by atoms with Crippen LogP contribution in [-0.2, 0) is 14.3 Å². The van der Waals surface area contributed by atoms with Crippen molar-refractivity contribution in [2.24, 2.45) is 5.92 Å². The topological polar surface area (TPSA) is 46.6 Å². The van der Waals surface area contributed by atoms with Crippen LogP contribution in [0.25, 0.3) is 0 Å². The third-order valence-corrected chi connectivity index (χ3v) is 4.88. The molecule has 0 bridgehead atoms. The fourth-order valence-corrected chi connectivity index (χ4v) is 3.70. The first-order valence-corrected chi connectivity index (χ1v) is 7.30. The Balaban J connectivity index is 1.72. The number of alkyl halides is 2. The quantitative estimate of drug-likeness (QED) is 0.694. The summed E-state index contributed by atoms with van der Waals surface area (Å²) in [6, 6.07) is 0. The average molecular weight is 287 g/mol. The minimum Gasteiger partial charge on any atom is -0.458 e. The first-order chi connectivity index (χ1) is 9.42. The van der Waals surface area contributed by atoms with Crippen molar-refractivity contribution in [3.63, 3.8) is 0 Å². The van der Waals surface area contributed by atoms with Gasteiger partial charge in [-0.05, 0) is 25.7 Å². The van der Waals surface area contributed by atoms with Gasteiger partial charge in [0, 0.05) is 25.9 Å². The molecule has 1 aliphatic carbocycles. The van der Waals surface area contributed by atoms with Crippen LogP contribution in [0.15, 0.2) is 0 Å². The van der Waals surface area contributed by atoms with Gasteiger partial charge in [0.1, 0.15) is 5.60 Å². The lowest BCUT2D eigenvalue weighted by atomic mass is 9.84. The summed E-state index contributed by atoms with van der Waals surface area (Å²) in [5.41, 5.74) is -0.645. The molecule has 1 saturated carbocycles. The maximum atomic E-state index is 13.2. The van der Waals surface area contributed by atoms with E-state index in [1.165, 1.54) is 4.90 Å². The molecule has 3 fully saturated rings. The van der Waals surface area contributed by atoms with Gasteiger partial charge in [-0.25, -0.2) is 8.78 Å². The largest absolute Gasteiger partial charge is 0.458 e. The number of piperidine rings is 1. The minimum atomic E-state index is -2.66. The van der Waals surface area contributed by atoms with E-state index in [0.29, 0.717) is 0 Å². The predicted octanol–water partition coefficient (Wildman–Crippen LogP) is 2.12. The Morgan fingerprint density at radius 2 is 1.75 bits per heavy atom. The van der Waals surface area contributed by atoms with Gasteiger partial charge in [0.25, 0.3) is 5.92 Å². The second-order valence-electron chi connectivity index (χ2n) is 6.18. The van der Waals surface area contributed by atoms with Crippen molar-refractivity contribution in [3.8, 4) is 0 Å². The van der Waals surface area contributed by atoms with Crippen molar-refractivity contribution in [1.29, 1.82) is 0 Å². The molecule has 3 rings (SSSR count). The van der Waals surface area contributed by atoms with Crippen LogP contribution < -0.4 is 0 Å². The minimum absolute atomic E-state index is 0.0760. The predicted molar refractivity (Wildman–Crippen MR) is 66.2 cm³/mol. The first kappa shape index (κ1) is 13.8. The summed E-state index contributed by atoms with van der Waals surface area (Å²) in [5.74, 6) is -3.63. The molecule has 0 aromatic heterocycles. The van der Waals surface area contributed by atoms with E-state index in [4.69, 9.17) is 4.74 Å². The number of nitrogens with zero attached hydrogens (tertiary/aromatic N) is 1. The fraction of sp³-hybridized carbons (Fsp3) is 0.857. The number of rotatable bonds is 1. The molecular weight excluding hydrogens is 268 g/mol. The van der Waals surface area contributed by atoms with Gasteiger partial charge in [-0.15, -0.1) is 0 Å². The number of halogens is 2. The van der Waals surface area contributed by atoms with Gasteiger partial charge in [0.15, 0.2) is 0 Å². The van der Waals surface area contributed by atoms with E-state index < -0.39 is 17.4 Å². The van der Waals surface area contributed by atoms with Gasteiger partial charge in [-0.3, -0.25) is 9.59 Å². The molecule has 0 aromatic carbocycles. The highest BCUT2D eigenvalue weighted by Crippen LogP contribution is 2.46. The molecule has 2 saturated heterocycles. The molecule has 0 aromatic rings. The van der Waals surface area contributed by atoms with Crippen molar-refractivity contribution in [3.05, 3.63) is 0 Å². The maximum absolute atomic E-state index is 13.2. The number of esters is 1. The first-order valence-electron chi connectivity index (χ1n) is 7.30. The van der Waals surface area contributed by atoms with Crippen molar-refractivity contribution in [2.45, 2.75) is 56.5 Å². The number of hydrogen-bond donors (Lipinski definition) is 0. The summed E-state index contributed by atoms with van der Waals surface area (Å²) in [4.78, 5) is 25.6. The summed E-state index contributed by atoms with van der Waals surface area (Å²) in [7, 11) is 0. The fourth-order valence-electron chi connectivity index (χ4n) is 3.70. The van der Waals surface area contributed by atoms with Gasteiger partial charge >= 0.3 is 5.97 Å². The highest BCUT2D eigenvalue weighted by molar-refractivity contribution is 5.88. The maximum Gasteiger partial charge on any atom is 0.307 e. The Bertz CT molecular complexity index is 422. The van der Waals surface area contributed by atoms with Crippen LogP contribution in [0.4, 0.5) is 8.78 Å². The van der Waals surface area contributed by atoms with Crippen molar-refractivity contribution >= 4 is 11.9 Å². The smallest absolute Gasteiger partial charge is 0.307 e. The van der Waals surface area contributed by atoms with Crippen LogP contribution in [0.1, 0.15) is 44.9 Å². The van der Waals surface area contributed by atoms with Gasteiger partial charge < -0.3 is 9.64 Å². The summed E-state index contributed by atoms with van der Waals surface area (Å²) in [5, 5.41) is 0. The SMILES string of the molecule is O=C1CC(C(=O)N2CCC(F)(F)CC2)C2(CCCC2)O1. The summed E-state index contributed by atoms with van der Waals surface area (Å²) in [6.07, 6.45) is 2.88. The average Bonchev–Trinajstić information content (AvgIpc) is 2.97. The highest BCUT2D eigenvalue weighted by Gasteiger charge is 2.55. The lowest BCUT2D eigenvalue weighted by molar-refractivity contribution is -0.153. The number of hydrogen-bond acceptors (Lipinski definition) is 3. The molecule has 3 aliphatic rings. The standard InChI is InChI=1S/C14H19F2NO3/c15-14(16)5-7-17(8-6-14)12(19)10-9-11(18)20-13(10)3-1-2-4-13/h10H,1-9H2. The Hall–Kier alpha value is -1.20. The molecule has 2 heterocycles. The summed E-state index contributed by atoms with van der Waals surface area (Å²) >= 11 is 0. The third-order valence-electron chi connectivity index (χ3n) is 4.88. The summed E-state index contributed by atoms with van der Waals surface area (Å²) < 4.78 is 31.8. The Labute approximate surface area is 116 Å². The molecule has 2 aliphatic heterocycles. The lowest BCUT2D eigenvalue weighted by Gasteiger charge is -2.36. The zero-order valence-corrected chi connectivity index (χ0v) is 11.4. The van der Waals surface area contributed by atoms with Gasteiger partial charge in [0.2, 0.25) is 5.91 Å². The van der Waals surface area contributed by atoms with E-state index in [1.807, 2.05) is 0 Å². The molecule has 6 heteroatoms. The molecule has 0 N–H and O–H groups in total. The Morgan fingerprint density at radius 3 is 2.35 bits per heavy atom. The van der Waals surface area contributed by atoms with Crippen molar-refractivity contribution < 1.29 is 23.1 Å². The number of carbonyl (C=O) groups excluding carboxylic acids is 2. The van der Waals surface area contributed by atoms with Crippen LogP contribution in [0.2, 0.25) is 0 Å². The molecule has 1 spiro atoms. The van der Waals surface area contributed by atoms with Crippen LogP contribution in [0.5, 0.6) is 0 Å². The van der Waals surface area contributed by atoms with Gasteiger partial charge in [-0.2, -0.15) is 0 Å². The van der Waals surface area contributed by atoms with E-state index in [0.717, 1.165) is 25.7 Å². The number of likely N-dealkylation sites (tertiary alicyclic amines) is 1. The molecule has 112 valence electrons. The van der Waals surface area contributed by atoms with E-state index in [1.54, 1.807) is 0 Å². The number of ether oxygens (including phenoxy) is 1. The zero-order chi connectivity index (χ0) is 14.4. The zero-order valence-electron chi connectivity index (χ0n) is 11.4. The molecule has 0 radical (unpaired) electrons. The Morgan fingerprint density at radius 1 is 1.15 bits per heavy atom. The van der Waals surface area contributed by atoms with Gasteiger partial charge in [-0.1, -0.05) is 0 Å². The van der Waals surface area contributed by atoms with Crippen LogP contribution >= 0.6 is 0 Å². The van der Waals surface area contributed by atoms with E-state index >= 15 is 0 Å². The van der Waals surface area contributed by atoms with E-state index in [-0.39, 0.29) is 44.2 Å². The van der Waals surface area contributed by atoms with Crippen LogP contribution in [-0.4, -0.2) is 41.4 Å². The lowest BCUT2D eigenvalue weighted by Crippen LogP contribution is -2.49. The number of amides is 1. The summed E-state index contributed by atoms with van der Waals surface area (Å²) in [6.45, 7) is 0.152. The monoisotopic (exact) mass is 287 g/mol. The normalized spacial score (nSPS) is 31.6. The molecule has 4 nitrogen and oxygen atoms in total. The third kappa shape index (κ3) is 2.29. The molecule has 1 atom stereocenters. The second-order valence-corrected chi connectivity index (χ2v) is 6.18. The van der Waals surface area contributed by atoms with E-state index in [9.17, 15) is 18.4 Å². The second kappa shape index (κ2) is 4.67. The van der Waals surface area contributed by atoms with Crippen LogP contribution in [0, 0.1) is 5.92 Å². The molecular formula is C14H19F2NO3. The number of carbonyl (C=O) groups is 2.